The van der Waals surface area contributed by atoms with Crippen LogP contribution in [-0.2, 0) is 11.3 Å². The highest BCUT2D eigenvalue weighted by Gasteiger charge is 2.17. The van der Waals surface area contributed by atoms with E-state index in [1.807, 2.05) is 0 Å². The molecule has 0 fully saturated rings. The van der Waals surface area contributed by atoms with E-state index in [0.717, 1.165) is 0 Å². The van der Waals surface area contributed by atoms with E-state index in [2.05, 4.69) is 31.2 Å². The molecule has 0 saturated heterocycles. The summed E-state index contributed by atoms with van der Waals surface area (Å²) in [4.78, 5) is 40.2. The molecule has 8 heteroatoms. The van der Waals surface area contributed by atoms with Gasteiger partial charge in [-0.15, -0.1) is 0 Å². The predicted octanol–water partition coefficient (Wildman–Crippen LogP) is 1.33. The second kappa shape index (κ2) is 7.04. The van der Waals surface area contributed by atoms with Crippen molar-refractivity contribution in [2.24, 2.45) is 0 Å². The summed E-state index contributed by atoms with van der Waals surface area (Å²) in [5.74, 6) is -0.564. The van der Waals surface area contributed by atoms with Crippen LogP contribution < -0.4 is 16.4 Å². The zero-order valence-corrected chi connectivity index (χ0v) is 14.5. The summed E-state index contributed by atoms with van der Waals surface area (Å²) >= 11 is 3.32. The van der Waals surface area contributed by atoms with E-state index in [4.69, 9.17) is 0 Å². The number of carbonyl (C=O) groups is 1. The number of amides is 1. The number of hydrogen-bond donors (Lipinski definition) is 4. The number of aliphatic hydroxyl groups excluding tert-OH is 1. The summed E-state index contributed by atoms with van der Waals surface area (Å²) in [6.45, 7) is 0.0701. The van der Waals surface area contributed by atoms with Gasteiger partial charge in [-0.05, 0) is 23.3 Å². The number of halogens is 1. The van der Waals surface area contributed by atoms with Crippen LogP contribution in [0.2, 0.25) is 0 Å². The molecule has 0 aliphatic rings. The Morgan fingerprint density at radius 2 is 1.80 bits per heavy atom. The first-order valence-corrected chi connectivity index (χ1v) is 8.20. The Kier molecular flexibility index (Phi) is 4.82. The Morgan fingerprint density at radius 3 is 2.52 bits per heavy atom. The number of aromatic amines is 2. The molecule has 3 aromatic rings. The lowest BCUT2D eigenvalue weighted by Gasteiger charge is -2.13. The summed E-state index contributed by atoms with van der Waals surface area (Å²) in [7, 11) is 0. The van der Waals surface area contributed by atoms with E-state index in [-0.39, 0.29) is 6.54 Å². The van der Waals surface area contributed by atoms with Crippen molar-refractivity contribution in [3.63, 3.8) is 0 Å². The van der Waals surface area contributed by atoms with Crippen LogP contribution in [0.1, 0.15) is 17.2 Å². The lowest BCUT2D eigenvalue weighted by Crippen LogP contribution is -2.31. The van der Waals surface area contributed by atoms with E-state index in [1.165, 1.54) is 0 Å². The van der Waals surface area contributed by atoms with Crippen LogP contribution in [0, 0.1) is 0 Å². The standard InChI is InChI=1S/C17H14BrN3O4/c18-11-6-10(13-12(7-11)20-16(24)17(25)21-13)8-19-15(23)14(22)9-4-2-1-3-5-9/h1-7,14,22H,8H2,(H,19,23)(H,20,24)(H,21,25). The van der Waals surface area contributed by atoms with Gasteiger partial charge in [0.15, 0.2) is 6.10 Å². The second-order valence-corrected chi connectivity index (χ2v) is 6.34. The van der Waals surface area contributed by atoms with E-state index < -0.39 is 23.1 Å². The zero-order valence-electron chi connectivity index (χ0n) is 12.9. The van der Waals surface area contributed by atoms with Crippen LogP contribution in [-0.4, -0.2) is 21.0 Å². The Hall–Kier alpha value is -2.71. The topological polar surface area (TPSA) is 115 Å². The highest BCUT2D eigenvalue weighted by molar-refractivity contribution is 9.10. The molecule has 0 aliphatic heterocycles. The first-order chi connectivity index (χ1) is 12.0. The molecule has 2 aromatic carbocycles. The summed E-state index contributed by atoms with van der Waals surface area (Å²) in [5.41, 5.74) is 0.407. The van der Waals surface area contributed by atoms with Gasteiger partial charge in [0.05, 0.1) is 11.0 Å². The van der Waals surface area contributed by atoms with Crippen molar-refractivity contribution in [3.05, 3.63) is 78.8 Å². The maximum atomic E-state index is 12.2. The number of nitrogens with one attached hydrogen (secondary N) is 3. The third-order valence-electron chi connectivity index (χ3n) is 3.69. The predicted molar refractivity (Wildman–Crippen MR) is 96.1 cm³/mol. The second-order valence-electron chi connectivity index (χ2n) is 5.43. The lowest BCUT2D eigenvalue weighted by molar-refractivity contribution is -0.129. The van der Waals surface area contributed by atoms with Crippen LogP contribution in [0.15, 0.2) is 56.5 Å². The minimum absolute atomic E-state index is 0.0701. The Morgan fingerprint density at radius 1 is 1.12 bits per heavy atom. The largest absolute Gasteiger partial charge is 0.378 e. The molecule has 128 valence electrons. The molecule has 0 bridgehead atoms. The number of hydrogen-bond acceptors (Lipinski definition) is 4. The molecule has 0 aliphatic carbocycles. The Balaban J connectivity index is 1.86. The van der Waals surface area contributed by atoms with Crippen molar-refractivity contribution in [1.29, 1.82) is 0 Å². The molecule has 1 unspecified atom stereocenters. The van der Waals surface area contributed by atoms with Gasteiger partial charge in [0.1, 0.15) is 0 Å². The van der Waals surface area contributed by atoms with Crippen molar-refractivity contribution < 1.29 is 9.90 Å². The SMILES string of the molecule is O=C(NCc1cc(Br)cc2[nH]c(=O)c(=O)[nH]c12)C(O)c1ccccc1. The van der Waals surface area contributed by atoms with Crippen LogP contribution >= 0.6 is 15.9 Å². The van der Waals surface area contributed by atoms with Gasteiger partial charge in [0.25, 0.3) is 5.91 Å². The van der Waals surface area contributed by atoms with Gasteiger partial charge >= 0.3 is 11.1 Å². The van der Waals surface area contributed by atoms with Crippen LogP contribution in [0.5, 0.6) is 0 Å². The molecular weight excluding hydrogens is 390 g/mol. The maximum absolute atomic E-state index is 12.2. The molecule has 1 atom stereocenters. The van der Waals surface area contributed by atoms with E-state index in [9.17, 15) is 19.5 Å². The van der Waals surface area contributed by atoms with Crippen LogP contribution in [0.25, 0.3) is 11.0 Å². The summed E-state index contributed by atoms with van der Waals surface area (Å²) < 4.78 is 0.676. The fraction of sp³-hybridized carbons (Fsp3) is 0.118. The third kappa shape index (κ3) is 3.70. The van der Waals surface area contributed by atoms with Gasteiger partial charge in [-0.1, -0.05) is 46.3 Å². The van der Waals surface area contributed by atoms with Crippen molar-refractivity contribution in [2.75, 3.05) is 0 Å². The minimum atomic E-state index is -1.29. The molecule has 1 heterocycles. The molecule has 4 N–H and O–H groups in total. The fourth-order valence-corrected chi connectivity index (χ4v) is 2.97. The quantitative estimate of drug-likeness (QED) is 0.491. The number of benzene rings is 2. The van der Waals surface area contributed by atoms with Gasteiger partial charge < -0.3 is 20.4 Å². The molecular formula is C17H14BrN3O4. The number of aromatic nitrogens is 2. The number of carbonyl (C=O) groups excluding carboxylic acids is 1. The van der Waals surface area contributed by atoms with E-state index in [0.29, 0.717) is 26.6 Å². The smallest absolute Gasteiger partial charge is 0.314 e. The molecule has 0 spiro atoms. The van der Waals surface area contributed by atoms with Gasteiger partial charge in [-0.2, -0.15) is 0 Å². The molecule has 25 heavy (non-hydrogen) atoms. The average Bonchev–Trinajstić information content (AvgIpc) is 2.61. The number of fused-ring (bicyclic) bond motifs is 1. The summed E-state index contributed by atoms with van der Waals surface area (Å²) in [5, 5.41) is 12.7. The first kappa shape index (κ1) is 17.1. The zero-order chi connectivity index (χ0) is 18.0. The number of H-pyrrole nitrogens is 2. The molecule has 3 rings (SSSR count). The van der Waals surface area contributed by atoms with Crippen molar-refractivity contribution in [3.8, 4) is 0 Å². The Bertz CT molecular complexity index is 1040. The monoisotopic (exact) mass is 403 g/mol. The number of aliphatic hydroxyl groups is 1. The van der Waals surface area contributed by atoms with Crippen molar-refractivity contribution in [2.45, 2.75) is 12.6 Å². The maximum Gasteiger partial charge on any atom is 0.314 e. The van der Waals surface area contributed by atoms with Crippen LogP contribution in [0.3, 0.4) is 0 Å². The van der Waals surface area contributed by atoms with Crippen molar-refractivity contribution >= 4 is 32.9 Å². The number of rotatable bonds is 4. The Labute approximate surface area is 149 Å². The summed E-state index contributed by atoms with van der Waals surface area (Å²) in [6, 6.07) is 11.9. The van der Waals surface area contributed by atoms with Gasteiger partial charge in [-0.25, -0.2) is 0 Å². The molecule has 7 nitrogen and oxygen atoms in total. The van der Waals surface area contributed by atoms with Crippen LogP contribution in [0.4, 0.5) is 0 Å². The first-order valence-electron chi connectivity index (χ1n) is 7.41. The molecule has 0 radical (unpaired) electrons. The molecule has 1 amide bonds. The average molecular weight is 404 g/mol. The van der Waals surface area contributed by atoms with Gasteiger partial charge in [0, 0.05) is 11.0 Å². The van der Waals surface area contributed by atoms with Gasteiger partial charge in [0.2, 0.25) is 0 Å². The summed E-state index contributed by atoms with van der Waals surface area (Å²) in [6.07, 6.45) is -1.29. The van der Waals surface area contributed by atoms with Gasteiger partial charge in [-0.3, -0.25) is 14.4 Å². The highest BCUT2D eigenvalue weighted by atomic mass is 79.9. The third-order valence-corrected chi connectivity index (χ3v) is 4.15. The highest BCUT2D eigenvalue weighted by Crippen LogP contribution is 2.20. The van der Waals surface area contributed by atoms with E-state index >= 15 is 0 Å². The minimum Gasteiger partial charge on any atom is -0.378 e. The van der Waals surface area contributed by atoms with E-state index in [1.54, 1.807) is 42.5 Å². The fourth-order valence-electron chi connectivity index (χ4n) is 2.46. The molecule has 1 aromatic heterocycles. The normalized spacial score (nSPS) is 12.1. The van der Waals surface area contributed by atoms with Crippen molar-refractivity contribution in [1.82, 2.24) is 15.3 Å². The lowest BCUT2D eigenvalue weighted by atomic mass is 10.1. The molecule has 0 saturated carbocycles.